The van der Waals surface area contributed by atoms with Crippen LogP contribution in [0.15, 0.2) is 65.3 Å². The van der Waals surface area contributed by atoms with E-state index in [1.165, 1.54) is 6.33 Å². The van der Waals surface area contributed by atoms with Crippen LogP contribution in [0.2, 0.25) is 0 Å². The number of ether oxygens (including phenoxy) is 2. The predicted molar refractivity (Wildman–Crippen MR) is 125 cm³/mol. The number of methoxy groups -OCH3 is 1. The number of carboxylic acids is 1. The molecule has 0 amide bonds. The number of nitrogens with zero attached hydrogens (tertiary/aromatic N) is 2. The molecular formula is C26H26N2O5. The molecule has 4 rings (SSSR count). The Morgan fingerprint density at radius 2 is 1.79 bits per heavy atom. The summed E-state index contributed by atoms with van der Waals surface area (Å²) in [6, 6.07) is 17.6. The van der Waals surface area contributed by atoms with Gasteiger partial charge in [-0.05, 0) is 43.9 Å². The Hall–Kier alpha value is -3.87. The Morgan fingerprint density at radius 3 is 2.48 bits per heavy atom. The fourth-order valence-corrected chi connectivity index (χ4v) is 3.78. The van der Waals surface area contributed by atoms with Crippen LogP contribution in [0, 0.1) is 0 Å². The summed E-state index contributed by atoms with van der Waals surface area (Å²) in [5.41, 5.74) is 3.16. The van der Waals surface area contributed by atoms with Crippen molar-refractivity contribution >= 4 is 17.1 Å². The first-order valence-electron chi connectivity index (χ1n) is 10.9. The van der Waals surface area contributed by atoms with E-state index in [4.69, 9.17) is 19.0 Å². The number of hydrogen-bond donors (Lipinski definition) is 1. The van der Waals surface area contributed by atoms with E-state index in [-0.39, 0.29) is 12.5 Å². The van der Waals surface area contributed by atoms with Crippen molar-refractivity contribution in [2.75, 3.05) is 7.11 Å². The fourth-order valence-electron chi connectivity index (χ4n) is 3.78. The largest absolute Gasteiger partial charge is 0.497 e. The van der Waals surface area contributed by atoms with E-state index >= 15 is 0 Å². The second-order valence-electron chi connectivity index (χ2n) is 7.83. The van der Waals surface area contributed by atoms with E-state index in [1.54, 1.807) is 7.11 Å². The van der Waals surface area contributed by atoms with Crippen LogP contribution in [0.1, 0.15) is 32.6 Å². The molecule has 0 saturated carbocycles. The van der Waals surface area contributed by atoms with Gasteiger partial charge in [0.2, 0.25) is 11.6 Å². The van der Waals surface area contributed by atoms with Crippen LogP contribution in [0.5, 0.6) is 11.6 Å². The number of carboxylic acid groups (broad SMARTS) is 1. The average Bonchev–Trinajstić information content (AvgIpc) is 3.23. The number of rotatable bonds is 10. The zero-order chi connectivity index (χ0) is 23.2. The van der Waals surface area contributed by atoms with E-state index in [9.17, 15) is 4.79 Å². The van der Waals surface area contributed by atoms with Crippen molar-refractivity contribution < 1.29 is 23.8 Å². The fraction of sp³-hybridized carbons (Fsp3) is 0.269. The van der Waals surface area contributed by atoms with Gasteiger partial charge in [0.05, 0.1) is 13.2 Å². The second kappa shape index (κ2) is 10.2. The van der Waals surface area contributed by atoms with Crippen LogP contribution < -0.4 is 9.47 Å². The lowest BCUT2D eigenvalue weighted by molar-refractivity contribution is -0.137. The molecule has 33 heavy (non-hydrogen) atoms. The Labute approximate surface area is 192 Å². The highest BCUT2D eigenvalue weighted by Crippen LogP contribution is 2.43. The first-order valence-corrected chi connectivity index (χ1v) is 10.9. The number of fused-ring (bicyclic) bond motifs is 1. The van der Waals surface area contributed by atoms with Gasteiger partial charge in [0.1, 0.15) is 23.2 Å². The lowest BCUT2D eigenvalue weighted by Gasteiger charge is -2.14. The van der Waals surface area contributed by atoms with Crippen LogP contribution in [-0.4, -0.2) is 34.3 Å². The molecule has 0 radical (unpaired) electrons. The third-order valence-corrected chi connectivity index (χ3v) is 5.43. The Bertz CT molecular complexity index is 1220. The molecule has 2 aromatic heterocycles. The van der Waals surface area contributed by atoms with Crippen LogP contribution in [0.3, 0.4) is 0 Å². The van der Waals surface area contributed by atoms with Gasteiger partial charge in [-0.1, -0.05) is 42.5 Å². The van der Waals surface area contributed by atoms with Gasteiger partial charge in [-0.15, -0.1) is 0 Å². The minimum Gasteiger partial charge on any atom is -0.497 e. The van der Waals surface area contributed by atoms with Crippen LogP contribution in [0.25, 0.3) is 33.6 Å². The summed E-state index contributed by atoms with van der Waals surface area (Å²) in [4.78, 5) is 19.5. The molecule has 0 fully saturated rings. The number of benzene rings is 2. The molecule has 0 aliphatic carbocycles. The van der Waals surface area contributed by atoms with E-state index in [0.717, 1.165) is 35.3 Å². The zero-order valence-corrected chi connectivity index (χ0v) is 18.7. The van der Waals surface area contributed by atoms with E-state index < -0.39 is 5.97 Å². The SMILES string of the molecule is COc1ccc(-c2c(-c3ccccc3)oc3ncnc(OC(C)CCCCC(=O)O)c23)cc1. The quantitative estimate of drug-likeness (QED) is 0.300. The smallest absolute Gasteiger partial charge is 0.303 e. The Morgan fingerprint density at radius 1 is 1.03 bits per heavy atom. The zero-order valence-electron chi connectivity index (χ0n) is 18.7. The highest BCUT2D eigenvalue weighted by Gasteiger charge is 2.23. The van der Waals surface area contributed by atoms with E-state index in [2.05, 4.69) is 9.97 Å². The standard InChI is InChI=1S/C26H26N2O5/c1-17(8-6-7-11-21(29)30)32-25-23-22(18-12-14-20(31-2)15-13-18)24(19-9-4-3-5-10-19)33-26(23)28-16-27-25/h3-5,9-10,12-17H,6-8,11H2,1-2H3,(H,29,30). The molecule has 1 N–H and O–H groups in total. The molecule has 1 unspecified atom stereocenters. The molecule has 1 atom stereocenters. The van der Waals surface area contributed by atoms with Gasteiger partial charge < -0.3 is 19.0 Å². The van der Waals surface area contributed by atoms with Gasteiger partial charge >= 0.3 is 5.97 Å². The molecule has 2 heterocycles. The first kappa shape index (κ1) is 22.3. The number of hydrogen-bond acceptors (Lipinski definition) is 6. The normalized spacial score (nSPS) is 11.9. The molecular weight excluding hydrogens is 420 g/mol. The minimum absolute atomic E-state index is 0.143. The summed E-state index contributed by atoms with van der Waals surface area (Å²) in [5.74, 6) is 1.12. The van der Waals surface area contributed by atoms with Gasteiger partial charge in [-0.3, -0.25) is 4.79 Å². The van der Waals surface area contributed by atoms with Crippen molar-refractivity contribution in [1.29, 1.82) is 0 Å². The molecule has 2 aromatic carbocycles. The highest BCUT2D eigenvalue weighted by atomic mass is 16.5. The lowest BCUT2D eigenvalue weighted by Crippen LogP contribution is -2.13. The second-order valence-corrected chi connectivity index (χ2v) is 7.83. The van der Waals surface area contributed by atoms with Crippen molar-refractivity contribution in [2.45, 2.75) is 38.7 Å². The number of carbonyl (C=O) groups is 1. The maximum absolute atomic E-state index is 10.7. The van der Waals surface area contributed by atoms with Crippen LogP contribution in [0.4, 0.5) is 0 Å². The third kappa shape index (κ3) is 5.14. The van der Waals surface area contributed by atoms with Gasteiger partial charge in [0.25, 0.3) is 0 Å². The summed E-state index contributed by atoms with van der Waals surface area (Å²) in [6.07, 6.45) is 3.55. The Kier molecular flexibility index (Phi) is 6.88. The molecule has 0 aliphatic rings. The van der Waals surface area contributed by atoms with Crippen molar-refractivity contribution in [3.05, 3.63) is 60.9 Å². The molecule has 4 aromatic rings. The monoisotopic (exact) mass is 446 g/mol. The molecule has 0 aliphatic heterocycles. The van der Waals surface area contributed by atoms with Gasteiger partial charge in [-0.2, -0.15) is 0 Å². The van der Waals surface area contributed by atoms with Gasteiger partial charge in [0.15, 0.2) is 0 Å². The summed E-state index contributed by atoms with van der Waals surface area (Å²) in [5, 5.41) is 9.54. The van der Waals surface area contributed by atoms with Crippen molar-refractivity contribution in [1.82, 2.24) is 9.97 Å². The van der Waals surface area contributed by atoms with Crippen molar-refractivity contribution in [2.24, 2.45) is 0 Å². The summed E-state index contributed by atoms with van der Waals surface area (Å²) >= 11 is 0. The minimum atomic E-state index is -0.781. The van der Waals surface area contributed by atoms with Gasteiger partial charge in [-0.25, -0.2) is 9.97 Å². The average molecular weight is 447 g/mol. The Balaban J connectivity index is 1.74. The molecule has 0 spiro atoms. The maximum atomic E-state index is 10.7. The molecule has 7 heteroatoms. The highest BCUT2D eigenvalue weighted by molar-refractivity contribution is 6.03. The van der Waals surface area contributed by atoms with E-state index in [1.807, 2.05) is 61.5 Å². The van der Waals surface area contributed by atoms with Gasteiger partial charge in [0, 0.05) is 17.5 Å². The molecule has 7 nitrogen and oxygen atoms in total. The number of furan rings is 1. The van der Waals surface area contributed by atoms with Crippen LogP contribution >= 0.6 is 0 Å². The first-order chi connectivity index (χ1) is 16.1. The number of aliphatic carboxylic acids is 1. The van der Waals surface area contributed by atoms with E-state index in [0.29, 0.717) is 29.2 Å². The molecule has 0 saturated heterocycles. The molecule has 170 valence electrons. The van der Waals surface area contributed by atoms with Crippen molar-refractivity contribution in [3.63, 3.8) is 0 Å². The summed E-state index contributed by atoms with van der Waals surface area (Å²) in [6.45, 7) is 1.96. The van der Waals surface area contributed by atoms with Crippen LogP contribution in [-0.2, 0) is 4.79 Å². The molecule has 0 bridgehead atoms. The predicted octanol–water partition coefficient (Wildman–Crippen LogP) is 5.98. The number of aromatic nitrogens is 2. The maximum Gasteiger partial charge on any atom is 0.303 e. The third-order valence-electron chi connectivity index (χ3n) is 5.43. The number of unbranched alkanes of at least 4 members (excludes halogenated alkanes) is 1. The topological polar surface area (TPSA) is 94.7 Å². The lowest BCUT2D eigenvalue weighted by atomic mass is 9.99. The van der Waals surface area contributed by atoms with Crippen molar-refractivity contribution in [3.8, 4) is 34.1 Å². The summed E-state index contributed by atoms with van der Waals surface area (Å²) in [7, 11) is 1.63. The summed E-state index contributed by atoms with van der Waals surface area (Å²) < 4.78 is 17.7.